The van der Waals surface area contributed by atoms with E-state index in [1.54, 1.807) is 24.3 Å². The molecule has 0 radical (unpaired) electrons. The Kier molecular flexibility index (Phi) is 4.51. The zero-order chi connectivity index (χ0) is 19.0. The Balaban J connectivity index is 1.58. The second-order valence-corrected chi connectivity index (χ2v) is 7.70. The number of ether oxygens (including phenoxy) is 1. The predicted molar refractivity (Wildman–Crippen MR) is 103 cm³/mol. The fraction of sp³-hybridized carbons (Fsp3) is 0.105. The maximum Gasteiger partial charge on any atom is 0.350 e. The summed E-state index contributed by atoms with van der Waals surface area (Å²) in [5.41, 5.74) is 0.779. The number of phenols is 1. The number of thiazole rings is 1. The van der Waals surface area contributed by atoms with Crippen LogP contribution in [0.2, 0.25) is 0 Å². The highest BCUT2D eigenvalue weighted by atomic mass is 32.1. The van der Waals surface area contributed by atoms with E-state index < -0.39 is 11.6 Å². The molecule has 4 aromatic rings. The molecule has 0 saturated carbocycles. The van der Waals surface area contributed by atoms with Crippen molar-refractivity contribution >= 4 is 39.6 Å². The molecule has 1 N–H and O–H groups in total. The van der Waals surface area contributed by atoms with E-state index in [-0.39, 0.29) is 17.9 Å². The summed E-state index contributed by atoms with van der Waals surface area (Å²) in [6.45, 7) is 1.68. The molecule has 0 spiro atoms. The second-order valence-electron chi connectivity index (χ2n) is 5.76. The third-order valence-electron chi connectivity index (χ3n) is 3.89. The summed E-state index contributed by atoms with van der Waals surface area (Å²) >= 11 is 2.84. The number of aromatic hydroxyl groups is 1. The van der Waals surface area contributed by atoms with E-state index in [1.165, 1.54) is 29.5 Å². The number of rotatable bonds is 4. The van der Waals surface area contributed by atoms with Crippen LogP contribution in [-0.4, -0.2) is 16.1 Å². The van der Waals surface area contributed by atoms with E-state index in [9.17, 15) is 14.7 Å². The van der Waals surface area contributed by atoms with Gasteiger partial charge >= 0.3 is 11.6 Å². The number of thiophene rings is 1. The van der Waals surface area contributed by atoms with Gasteiger partial charge in [0.25, 0.3) is 0 Å². The van der Waals surface area contributed by atoms with Gasteiger partial charge in [0.15, 0.2) is 0 Å². The van der Waals surface area contributed by atoms with Crippen molar-refractivity contribution in [2.75, 3.05) is 0 Å². The Morgan fingerprint density at radius 3 is 2.93 bits per heavy atom. The van der Waals surface area contributed by atoms with Crippen molar-refractivity contribution in [2.45, 2.75) is 13.5 Å². The van der Waals surface area contributed by atoms with Crippen molar-refractivity contribution < 1.29 is 19.1 Å². The first-order valence-corrected chi connectivity index (χ1v) is 9.65. The Hall–Kier alpha value is -2.97. The van der Waals surface area contributed by atoms with E-state index in [1.807, 2.05) is 17.5 Å². The minimum absolute atomic E-state index is 0.0128. The summed E-state index contributed by atoms with van der Waals surface area (Å²) in [5.74, 6) is -0.505. The minimum atomic E-state index is -0.576. The van der Waals surface area contributed by atoms with Gasteiger partial charge in [0.2, 0.25) is 0 Å². The molecule has 0 amide bonds. The van der Waals surface area contributed by atoms with Gasteiger partial charge < -0.3 is 14.3 Å². The van der Waals surface area contributed by atoms with Crippen LogP contribution in [0.15, 0.2) is 51.0 Å². The Morgan fingerprint density at radius 2 is 2.15 bits per heavy atom. The maximum atomic E-state index is 12.5. The van der Waals surface area contributed by atoms with E-state index in [0.717, 1.165) is 9.88 Å². The molecule has 4 rings (SSSR count). The number of carbonyl (C=O) groups is 1. The number of aromatic nitrogens is 1. The minimum Gasteiger partial charge on any atom is -0.508 e. The predicted octanol–water partition coefficient (Wildman–Crippen LogP) is 4.35. The van der Waals surface area contributed by atoms with Crippen LogP contribution in [0.1, 0.15) is 20.9 Å². The Bertz CT molecular complexity index is 1190. The van der Waals surface area contributed by atoms with Crippen molar-refractivity contribution in [1.82, 2.24) is 4.98 Å². The summed E-state index contributed by atoms with van der Waals surface area (Å²) in [6, 6.07) is 9.60. The Morgan fingerprint density at radius 1 is 1.30 bits per heavy atom. The molecule has 6 nitrogen and oxygen atoms in total. The van der Waals surface area contributed by atoms with Crippen molar-refractivity contribution in [2.24, 2.45) is 0 Å². The van der Waals surface area contributed by atoms with Gasteiger partial charge in [-0.2, -0.15) is 0 Å². The third-order valence-corrected chi connectivity index (χ3v) is 6.06. The lowest BCUT2D eigenvalue weighted by Crippen LogP contribution is -2.07. The average Bonchev–Trinajstić information content (AvgIpc) is 3.28. The molecule has 0 saturated heterocycles. The summed E-state index contributed by atoms with van der Waals surface area (Å²) in [6.07, 6.45) is 0. The SMILES string of the molecule is Cc1nc(-c2cccs2)sc1C(=O)OCc1cc(=O)oc2cc(O)ccc12. The number of nitrogens with zero attached hydrogens (tertiary/aromatic N) is 1. The molecule has 8 heteroatoms. The number of benzene rings is 1. The lowest BCUT2D eigenvalue weighted by molar-refractivity contribution is 0.0478. The number of phenolic OH excluding ortho intramolecular Hbond substituents is 1. The zero-order valence-electron chi connectivity index (χ0n) is 14.1. The van der Waals surface area contributed by atoms with E-state index >= 15 is 0 Å². The number of fused-ring (bicyclic) bond motifs is 1. The maximum absolute atomic E-state index is 12.5. The van der Waals surface area contributed by atoms with Crippen molar-refractivity contribution in [1.29, 1.82) is 0 Å². The van der Waals surface area contributed by atoms with Gasteiger partial charge in [-0.15, -0.1) is 22.7 Å². The molecular formula is C19H13NO5S2. The van der Waals surface area contributed by atoms with E-state index in [0.29, 0.717) is 21.5 Å². The first-order valence-electron chi connectivity index (χ1n) is 7.95. The monoisotopic (exact) mass is 399 g/mol. The molecule has 3 aromatic heterocycles. The van der Waals surface area contributed by atoms with Gasteiger partial charge in [0, 0.05) is 23.1 Å². The molecule has 0 fully saturated rings. The lowest BCUT2D eigenvalue weighted by Gasteiger charge is -2.07. The van der Waals surface area contributed by atoms with Crippen LogP contribution in [-0.2, 0) is 11.3 Å². The van der Waals surface area contributed by atoms with Crippen molar-refractivity contribution in [3.8, 4) is 15.6 Å². The van der Waals surface area contributed by atoms with Crippen LogP contribution in [0.25, 0.3) is 20.9 Å². The summed E-state index contributed by atoms with van der Waals surface area (Å²) in [7, 11) is 0. The van der Waals surface area contributed by atoms with Crippen LogP contribution < -0.4 is 5.63 Å². The molecule has 0 aliphatic heterocycles. The van der Waals surface area contributed by atoms with Crippen molar-refractivity contribution in [3.05, 3.63) is 68.3 Å². The third kappa shape index (κ3) is 3.49. The topological polar surface area (TPSA) is 89.6 Å². The molecule has 0 bridgehead atoms. The number of esters is 1. The number of hydrogen-bond acceptors (Lipinski definition) is 8. The van der Waals surface area contributed by atoms with Crippen molar-refractivity contribution in [3.63, 3.8) is 0 Å². The van der Waals surface area contributed by atoms with Gasteiger partial charge in [-0.25, -0.2) is 14.6 Å². The summed E-state index contributed by atoms with van der Waals surface area (Å²) in [5, 5.41) is 12.9. The quantitative estimate of drug-likeness (QED) is 0.405. The fourth-order valence-electron chi connectivity index (χ4n) is 2.64. The lowest BCUT2D eigenvalue weighted by atomic mass is 10.1. The molecule has 0 aliphatic rings. The van der Waals surface area contributed by atoms with Gasteiger partial charge in [-0.1, -0.05) is 6.07 Å². The standard InChI is InChI=1S/C19H13NO5S2/c1-10-17(27-18(20-10)15-3-2-6-26-15)19(23)24-9-11-7-16(22)25-14-8-12(21)4-5-13(11)14/h2-8,21H,9H2,1H3. The molecule has 0 aliphatic carbocycles. The fourth-order valence-corrected chi connectivity index (χ4v) is 4.40. The molecule has 27 heavy (non-hydrogen) atoms. The van der Waals surface area contributed by atoms with Gasteiger partial charge in [-0.3, -0.25) is 0 Å². The first-order chi connectivity index (χ1) is 13.0. The van der Waals surface area contributed by atoms with Crippen LogP contribution in [0.4, 0.5) is 0 Å². The van der Waals surface area contributed by atoms with Gasteiger partial charge in [-0.05, 0) is 30.5 Å². The number of aryl methyl sites for hydroxylation is 1. The smallest absolute Gasteiger partial charge is 0.350 e. The van der Waals surface area contributed by atoms with Crippen LogP contribution >= 0.6 is 22.7 Å². The molecular weight excluding hydrogens is 386 g/mol. The van der Waals surface area contributed by atoms with Crippen LogP contribution in [0.5, 0.6) is 5.75 Å². The largest absolute Gasteiger partial charge is 0.508 e. The normalized spacial score (nSPS) is 11.0. The summed E-state index contributed by atoms with van der Waals surface area (Å²) in [4.78, 5) is 30.1. The van der Waals surface area contributed by atoms with E-state index in [2.05, 4.69) is 4.98 Å². The van der Waals surface area contributed by atoms with Gasteiger partial charge in [0.05, 0.1) is 10.6 Å². The average molecular weight is 399 g/mol. The molecule has 0 unspecified atom stereocenters. The highest BCUT2D eigenvalue weighted by molar-refractivity contribution is 7.22. The molecule has 1 aromatic carbocycles. The highest BCUT2D eigenvalue weighted by Gasteiger charge is 2.19. The number of carbonyl (C=O) groups excluding carboxylic acids is 1. The molecule has 3 heterocycles. The molecule has 0 atom stereocenters. The molecule has 136 valence electrons. The van der Waals surface area contributed by atoms with Crippen LogP contribution in [0, 0.1) is 6.92 Å². The Labute approximate surface area is 161 Å². The number of hydrogen-bond donors (Lipinski definition) is 1. The van der Waals surface area contributed by atoms with Crippen LogP contribution in [0.3, 0.4) is 0 Å². The zero-order valence-corrected chi connectivity index (χ0v) is 15.7. The van der Waals surface area contributed by atoms with Gasteiger partial charge in [0.1, 0.15) is 27.8 Å². The first kappa shape index (κ1) is 17.4. The highest BCUT2D eigenvalue weighted by Crippen LogP contribution is 2.31. The van der Waals surface area contributed by atoms with E-state index in [4.69, 9.17) is 9.15 Å². The summed E-state index contributed by atoms with van der Waals surface area (Å²) < 4.78 is 10.5. The second kappa shape index (κ2) is 6.98.